The van der Waals surface area contributed by atoms with Gasteiger partial charge in [0.15, 0.2) is 0 Å². The fraction of sp³-hybridized carbons (Fsp3) is 0.900. The van der Waals surface area contributed by atoms with Crippen LogP contribution < -0.4 is 12.4 Å². The van der Waals surface area contributed by atoms with Crippen LogP contribution in [-0.2, 0) is 4.74 Å². The molecule has 74 valence electrons. The van der Waals surface area contributed by atoms with E-state index in [-0.39, 0.29) is 35.5 Å². The van der Waals surface area contributed by atoms with Crippen molar-refractivity contribution in [3.8, 4) is 0 Å². The number of hydrogen-bond acceptors (Lipinski definition) is 1. The molecule has 0 atom stereocenters. The van der Waals surface area contributed by atoms with Crippen molar-refractivity contribution in [1.29, 1.82) is 0 Å². The molecule has 1 aliphatic heterocycles. The average Bonchev–Trinajstić information content (AvgIpc) is 2.64. The number of rotatable bonds is 0. The summed E-state index contributed by atoms with van der Waals surface area (Å²) in [5.41, 5.74) is 0. The molecule has 0 spiro atoms. The fourth-order valence-corrected chi connectivity index (χ4v) is 1.41. The molecule has 0 aromatic heterocycles. The van der Waals surface area contributed by atoms with E-state index in [9.17, 15) is 0 Å². The number of hydrogen-bond donors (Lipinski definition) is 0. The Bertz CT molecular complexity index is 63.9. The summed E-state index contributed by atoms with van der Waals surface area (Å²) in [5, 5.41) is 0. The zero-order chi connectivity index (χ0) is 7.78. The summed E-state index contributed by atoms with van der Waals surface area (Å²) < 4.78 is 4.94. The maximum absolute atomic E-state index is 4.94. The third-order valence-electron chi connectivity index (χ3n) is 2.14. The van der Waals surface area contributed by atoms with Crippen molar-refractivity contribution in [2.75, 3.05) is 13.2 Å². The minimum Gasteiger partial charge on any atom is -1.00 e. The van der Waals surface area contributed by atoms with Crippen LogP contribution in [0.5, 0.6) is 0 Å². The Balaban J connectivity index is 0. The van der Waals surface area contributed by atoms with Gasteiger partial charge in [-0.3, -0.25) is 0 Å². The van der Waals surface area contributed by atoms with Gasteiger partial charge in [-0.1, -0.05) is 19.3 Å². The van der Waals surface area contributed by atoms with Gasteiger partial charge in [-0.2, -0.15) is 12.8 Å². The van der Waals surface area contributed by atoms with Gasteiger partial charge in [-0.15, -0.1) is 0 Å². The molecule has 1 saturated carbocycles. The molecule has 0 amide bonds. The van der Waals surface area contributed by atoms with Crippen LogP contribution in [0.15, 0.2) is 0 Å². The van der Waals surface area contributed by atoms with Crippen LogP contribution in [-0.4, -0.2) is 36.3 Å². The molecule has 13 heavy (non-hydrogen) atoms. The molecule has 0 aromatic rings. The Morgan fingerprint density at radius 3 is 1.46 bits per heavy atom. The molecule has 0 N–H and O–H groups in total. The Morgan fingerprint density at radius 1 is 0.769 bits per heavy atom. The third kappa shape index (κ3) is 10.9. The number of ether oxygens (including phenoxy) is 1. The van der Waals surface area contributed by atoms with E-state index in [2.05, 4.69) is 6.42 Å². The van der Waals surface area contributed by atoms with Crippen molar-refractivity contribution in [2.24, 2.45) is 0 Å². The number of halogens is 1. The van der Waals surface area contributed by atoms with Crippen molar-refractivity contribution in [2.45, 2.75) is 44.9 Å². The Hall–Kier alpha value is 1.02. The first-order chi connectivity index (χ1) is 5.50. The minimum atomic E-state index is 0. The molecule has 1 aliphatic carbocycles. The van der Waals surface area contributed by atoms with Gasteiger partial charge in [0.25, 0.3) is 0 Å². The van der Waals surface area contributed by atoms with Gasteiger partial charge < -0.3 is 23.6 Å². The second-order valence-electron chi connectivity index (χ2n) is 3.25. The van der Waals surface area contributed by atoms with E-state index in [1.54, 1.807) is 0 Å². The van der Waals surface area contributed by atoms with E-state index in [1.807, 2.05) is 0 Å². The summed E-state index contributed by atoms with van der Waals surface area (Å²) in [7, 11) is 0. The van der Waals surface area contributed by atoms with Crippen LogP contribution in [0, 0.1) is 6.42 Å². The first kappa shape index (κ1) is 16.4. The second kappa shape index (κ2) is 13.0. The van der Waals surface area contributed by atoms with Crippen LogP contribution in [0.3, 0.4) is 0 Å². The van der Waals surface area contributed by atoms with Gasteiger partial charge in [0.2, 0.25) is 0 Å². The smallest absolute Gasteiger partial charge is 1.00 e. The van der Waals surface area contributed by atoms with Crippen molar-refractivity contribution in [1.82, 2.24) is 0 Å². The summed E-state index contributed by atoms with van der Waals surface area (Å²) in [6, 6.07) is 0. The Kier molecular flexibility index (Phi) is 16.5. The summed E-state index contributed by atoms with van der Waals surface area (Å²) in [6.45, 7) is 2.00. The van der Waals surface area contributed by atoms with E-state index in [0.717, 1.165) is 13.2 Å². The molecule has 1 saturated heterocycles. The van der Waals surface area contributed by atoms with Crippen molar-refractivity contribution >= 4 is 23.1 Å². The van der Waals surface area contributed by atoms with E-state index in [4.69, 9.17) is 4.74 Å². The SMILES string of the molecule is C1CCOC1.[CH-]1CCCCC1.[Cl-].[Mg+2]. The zero-order valence-corrected chi connectivity index (χ0v) is 10.6. The maximum atomic E-state index is 4.94. The van der Waals surface area contributed by atoms with Crippen molar-refractivity contribution in [3.05, 3.63) is 6.42 Å². The molecular weight excluding hydrogens is 196 g/mol. The van der Waals surface area contributed by atoms with Crippen molar-refractivity contribution in [3.63, 3.8) is 0 Å². The largest absolute Gasteiger partial charge is 2.00 e. The van der Waals surface area contributed by atoms with Crippen LogP contribution in [0.2, 0.25) is 0 Å². The average molecular weight is 215 g/mol. The van der Waals surface area contributed by atoms with Gasteiger partial charge >= 0.3 is 23.1 Å². The molecule has 3 heteroatoms. The van der Waals surface area contributed by atoms with Gasteiger partial charge in [0.1, 0.15) is 0 Å². The summed E-state index contributed by atoms with van der Waals surface area (Å²) >= 11 is 0. The minimum absolute atomic E-state index is 0. The van der Waals surface area contributed by atoms with Crippen LogP contribution in [0.25, 0.3) is 0 Å². The molecule has 0 aromatic carbocycles. The van der Waals surface area contributed by atoms with Crippen LogP contribution in [0.4, 0.5) is 0 Å². The van der Waals surface area contributed by atoms with Gasteiger partial charge in [-0.05, 0) is 12.8 Å². The van der Waals surface area contributed by atoms with E-state index < -0.39 is 0 Å². The Labute approximate surface area is 105 Å². The fourth-order valence-electron chi connectivity index (χ4n) is 1.41. The molecular formula is C10H19ClMgO. The molecule has 2 fully saturated rings. The quantitative estimate of drug-likeness (QED) is 0.393. The molecule has 2 rings (SSSR count). The van der Waals surface area contributed by atoms with Gasteiger partial charge in [-0.25, -0.2) is 0 Å². The predicted octanol–water partition coefficient (Wildman–Crippen LogP) is -0.425. The van der Waals surface area contributed by atoms with Gasteiger partial charge in [0.05, 0.1) is 0 Å². The molecule has 0 radical (unpaired) electrons. The topological polar surface area (TPSA) is 9.23 Å². The Morgan fingerprint density at radius 2 is 1.31 bits per heavy atom. The zero-order valence-electron chi connectivity index (χ0n) is 8.43. The monoisotopic (exact) mass is 214 g/mol. The predicted molar refractivity (Wildman–Crippen MR) is 53.2 cm³/mol. The summed E-state index contributed by atoms with van der Waals surface area (Å²) in [4.78, 5) is 0. The van der Waals surface area contributed by atoms with E-state index in [1.165, 1.54) is 44.9 Å². The first-order valence-corrected chi connectivity index (χ1v) is 4.89. The van der Waals surface area contributed by atoms with Crippen LogP contribution in [0.1, 0.15) is 44.9 Å². The normalized spacial score (nSPS) is 20.3. The first-order valence-electron chi connectivity index (χ1n) is 4.89. The standard InChI is InChI=1S/C6H11.C4H8O.ClH.Mg/c1-2-4-6-5-3-1;1-2-4-5-3-1;;/h1H,2-6H2;1-4H2;1H;/q-1;;;+2/p-1. The second-order valence-corrected chi connectivity index (χ2v) is 3.25. The molecule has 1 nitrogen and oxygen atoms in total. The van der Waals surface area contributed by atoms with E-state index >= 15 is 0 Å². The van der Waals surface area contributed by atoms with Crippen LogP contribution >= 0.6 is 0 Å². The van der Waals surface area contributed by atoms with Crippen molar-refractivity contribution < 1.29 is 17.1 Å². The van der Waals surface area contributed by atoms with E-state index in [0.29, 0.717) is 0 Å². The maximum Gasteiger partial charge on any atom is 2.00 e. The molecule has 1 heterocycles. The molecule has 2 aliphatic rings. The summed E-state index contributed by atoms with van der Waals surface area (Å²) in [5.74, 6) is 0. The third-order valence-corrected chi connectivity index (χ3v) is 2.14. The molecule has 0 unspecified atom stereocenters. The molecule has 0 bridgehead atoms. The summed E-state index contributed by atoms with van der Waals surface area (Å²) in [6.07, 6.45) is 12.1. The van der Waals surface area contributed by atoms with Gasteiger partial charge in [0, 0.05) is 13.2 Å².